The Morgan fingerprint density at radius 2 is 1.66 bits per heavy atom. The summed E-state index contributed by atoms with van der Waals surface area (Å²) in [5.74, 6) is 1.17. The van der Waals surface area contributed by atoms with Crippen LogP contribution in [0.2, 0.25) is 5.02 Å². The molecule has 6 heteroatoms. The molecule has 152 valence electrons. The molecule has 0 spiro atoms. The van der Waals surface area contributed by atoms with Crippen LogP contribution in [0, 0.1) is 0 Å². The number of guanidine groups is 1. The number of aliphatic imine (C=N–C) groups is 1. The van der Waals surface area contributed by atoms with Crippen molar-refractivity contribution in [2.75, 3.05) is 39.3 Å². The molecule has 4 nitrogen and oxygen atoms in total. The molecule has 2 fully saturated rings. The molecule has 0 aromatic heterocycles. The second-order valence-corrected chi connectivity index (χ2v) is 9.49. The van der Waals surface area contributed by atoms with Crippen LogP contribution in [-0.2, 0) is 0 Å². The largest absolute Gasteiger partial charge is 0.340 e. The Morgan fingerprint density at radius 1 is 0.897 bits per heavy atom. The minimum atomic E-state index is 0.794. The van der Waals surface area contributed by atoms with Gasteiger partial charge < -0.3 is 4.90 Å². The van der Waals surface area contributed by atoms with E-state index in [4.69, 9.17) is 16.6 Å². The Morgan fingerprint density at radius 3 is 2.34 bits per heavy atom. The molecule has 0 unspecified atom stereocenters. The first-order valence-electron chi connectivity index (χ1n) is 10.6. The van der Waals surface area contributed by atoms with Crippen LogP contribution in [0.25, 0.3) is 11.1 Å². The normalized spacial score (nSPS) is 20.7. The average Bonchev–Trinajstić information content (AvgIpc) is 3.17. The van der Waals surface area contributed by atoms with Crippen molar-refractivity contribution in [3.8, 4) is 11.1 Å². The van der Waals surface area contributed by atoms with Crippen LogP contribution in [0.3, 0.4) is 0 Å². The van der Waals surface area contributed by atoms with Gasteiger partial charge in [0.05, 0.1) is 13.1 Å². The Bertz CT molecular complexity index is 873. The summed E-state index contributed by atoms with van der Waals surface area (Å²) in [5, 5.41) is 0.794. The molecule has 2 aromatic carbocycles. The van der Waals surface area contributed by atoms with E-state index in [1.807, 2.05) is 18.2 Å². The summed E-state index contributed by atoms with van der Waals surface area (Å²) in [6.07, 6.45) is 4.21. The van der Waals surface area contributed by atoms with E-state index in [2.05, 4.69) is 44.4 Å². The fourth-order valence-corrected chi connectivity index (χ4v) is 5.51. The predicted molar refractivity (Wildman–Crippen MR) is 123 cm³/mol. The molecule has 0 amide bonds. The van der Waals surface area contributed by atoms with Gasteiger partial charge in [-0.1, -0.05) is 48.4 Å². The van der Waals surface area contributed by atoms with Gasteiger partial charge in [0.25, 0.3) is 0 Å². The Balaban J connectivity index is 1.21. The van der Waals surface area contributed by atoms with Crippen LogP contribution in [0.5, 0.6) is 0 Å². The van der Waals surface area contributed by atoms with Crippen molar-refractivity contribution in [2.45, 2.75) is 30.2 Å². The number of piperazine rings is 1. The lowest BCUT2D eigenvalue weighted by Crippen LogP contribution is -2.55. The van der Waals surface area contributed by atoms with Crippen LogP contribution in [-0.4, -0.2) is 65.4 Å². The van der Waals surface area contributed by atoms with Crippen molar-refractivity contribution >= 4 is 29.5 Å². The first kappa shape index (κ1) is 19.3. The van der Waals surface area contributed by atoms with Crippen molar-refractivity contribution in [3.63, 3.8) is 0 Å². The number of benzene rings is 2. The van der Waals surface area contributed by atoms with E-state index < -0.39 is 0 Å². The van der Waals surface area contributed by atoms with E-state index in [-0.39, 0.29) is 0 Å². The summed E-state index contributed by atoms with van der Waals surface area (Å²) in [4.78, 5) is 11.2. The van der Waals surface area contributed by atoms with E-state index in [0.717, 1.165) is 48.4 Å². The monoisotopic (exact) mass is 426 g/mol. The standard InChI is InChI=1S/C23H27ClN4S/c24-22-7-2-1-6-21(22)18-8-10-20(11-9-18)29-28-13-12-25-23(28)27-16-14-26(15-17-27)19-4-3-5-19/h1-2,6-11,19H,3-5,12-17H2. The maximum Gasteiger partial charge on any atom is 0.207 e. The Hall–Kier alpha value is -1.69. The molecule has 0 radical (unpaired) electrons. The van der Waals surface area contributed by atoms with E-state index in [1.54, 1.807) is 11.9 Å². The van der Waals surface area contributed by atoms with Gasteiger partial charge in [0.1, 0.15) is 0 Å². The Labute approximate surface area is 182 Å². The third kappa shape index (κ3) is 4.14. The second kappa shape index (κ2) is 8.58. The highest BCUT2D eigenvalue weighted by Gasteiger charge is 2.31. The molecule has 0 N–H and O–H groups in total. The van der Waals surface area contributed by atoms with Gasteiger partial charge >= 0.3 is 0 Å². The predicted octanol–water partition coefficient (Wildman–Crippen LogP) is 4.86. The van der Waals surface area contributed by atoms with Crippen LogP contribution in [0.15, 0.2) is 58.4 Å². The third-order valence-corrected chi connectivity index (χ3v) is 7.60. The lowest BCUT2D eigenvalue weighted by molar-refractivity contribution is 0.0835. The van der Waals surface area contributed by atoms with Gasteiger partial charge in [-0.2, -0.15) is 0 Å². The fraction of sp³-hybridized carbons (Fsp3) is 0.435. The topological polar surface area (TPSA) is 22.1 Å². The minimum Gasteiger partial charge on any atom is -0.340 e. The van der Waals surface area contributed by atoms with Gasteiger partial charge in [-0.05, 0) is 48.6 Å². The highest BCUT2D eigenvalue weighted by Crippen LogP contribution is 2.32. The quantitative estimate of drug-likeness (QED) is 0.651. The van der Waals surface area contributed by atoms with Gasteiger partial charge in [-0.3, -0.25) is 14.2 Å². The number of halogens is 1. The van der Waals surface area contributed by atoms with Crippen molar-refractivity contribution < 1.29 is 0 Å². The molecular formula is C23H27ClN4S. The molecule has 1 aliphatic carbocycles. The summed E-state index contributed by atoms with van der Waals surface area (Å²) in [7, 11) is 0. The minimum absolute atomic E-state index is 0.794. The molecule has 5 rings (SSSR count). The molecule has 2 heterocycles. The molecule has 0 bridgehead atoms. The van der Waals surface area contributed by atoms with Crippen molar-refractivity contribution in [2.24, 2.45) is 4.99 Å². The van der Waals surface area contributed by atoms with Crippen molar-refractivity contribution in [1.29, 1.82) is 0 Å². The van der Waals surface area contributed by atoms with E-state index >= 15 is 0 Å². The van der Waals surface area contributed by atoms with Gasteiger partial charge in [0.15, 0.2) is 0 Å². The zero-order chi connectivity index (χ0) is 19.6. The van der Waals surface area contributed by atoms with Crippen LogP contribution in [0.1, 0.15) is 19.3 Å². The number of hydrogen-bond acceptors (Lipinski definition) is 5. The van der Waals surface area contributed by atoms with E-state index in [9.17, 15) is 0 Å². The summed E-state index contributed by atoms with van der Waals surface area (Å²) < 4.78 is 2.36. The summed E-state index contributed by atoms with van der Waals surface area (Å²) in [6, 6.07) is 17.6. The molecule has 2 aliphatic heterocycles. The SMILES string of the molecule is Clc1ccccc1-c1ccc(SN2CCN=C2N2CCN(C3CCC3)CC2)cc1. The number of nitrogens with zero attached hydrogens (tertiary/aromatic N) is 4. The molecular weight excluding hydrogens is 400 g/mol. The third-order valence-electron chi connectivity index (χ3n) is 6.22. The van der Waals surface area contributed by atoms with Crippen molar-refractivity contribution in [3.05, 3.63) is 53.6 Å². The highest BCUT2D eigenvalue weighted by molar-refractivity contribution is 7.97. The summed E-state index contributed by atoms with van der Waals surface area (Å²) >= 11 is 8.14. The number of hydrogen-bond donors (Lipinski definition) is 0. The molecule has 3 aliphatic rings. The van der Waals surface area contributed by atoms with Gasteiger partial charge in [-0.15, -0.1) is 0 Å². The lowest BCUT2D eigenvalue weighted by Gasteiger charge is -2.44. The van der Waals surface area contributed by atoms with Gasteiger partial charge in [0, 0.05) is 47.7 Å². The van der Waals surface area contributed by atoms with Crippen molar-refractivity contribution in [1.82, 2.24) is 14.1 Å². The van der Waals surface area contributed by atoms with Crippen LogP contribution < -0.4 is 0 Å². The molecule has 29 heavy (non-hydrogen) atoms. The highest BCUT2D eigenvalue weighted by atomic mass is 35.5. The van der Waals surface area contributed by atoms with Crippen LogP contribution in [0.4, 0.5) is 0 Å². The summed E-state index contributed by atoms with van der Waals surface area (Å²) in [5.41, 5.74) is 2.24. The second-order valence-electron chi connectivity index (χ2n) is 7.99. The average molecular weight is 427 g/mol. The smallest absolute Gasteiger partial charge is 0.207 e. The van der Waals surface area contributed by atoms with E-state index in [1.165, 1.54) is 43.2 Å². The van der Waals surface area contributed by atoms with E-state index in [0.29, 0.717) is 0 Å². The molecule has 1 saturated heterocycles. The van der Waals surface area contributed by atoms with Gasteiger partial charge in [-0.25, -0.2) is 0 Å². The lowest BCUT2D eigenvalue weighted by atomic mass is 9.91. The van der Waals surface area contributed by atoms with Crippen LogP contribution >= 0.6 is 23.5 Å². The molecule has 0 atom stereocenters. The Kier molecular flexibility index (Phi) is 5.71. The number of rotatable bonds is 4. The summed E-state index contributed by atoms with van der Waals surface area (Å²) in [6.45, 7) is 6.41. The first-order chi connectivity index (χ1) is 14.3. The zero-order valence-corrected chi connectivity index (χ0v) is 18.2. The fourth-order valence-electron chi connectivity index (χ4n) is 4.32. The molecule has 2 aromatic rings. The van der Waals surface area contributed by atoms with Gasteiger partial charge in [0.2, 0.25) is 5.96 Å². The maximum atomic E-state index is 6.35. The molecule has 1 saturated carbocycles. The zero-order valence-electron chi connectivity index (χ0n) is 16.6. The maximum absolute atomic E-state index is 6.35. The first-order valence-corrected chi connectivity index (χ1v) is 11.8.